The van der Waals surface area contributed by atoms with Crippen LogP contribution >= 0.6 is 0 Å². The van der Waals surface area contributed by atoms with Crippen molar-refractivity contribution in [2.75, 3.05) is 91.1 Å². The maximum Gasteiger partial charge on any atom is 0.243 e. The zero-order valence-corrected chi connectivity index (χ0v) is 20.3. The first-order valence-electron chi connectivity index (χ1n) is 11.8. The van der Waals surface area contributed by atoms with E-state index in [0.29, 0.717) is 0 Å². The fourth-order valence-corrected chi connectivity index (χ4v) is 4.10. The minimum Gasteiger partial charge on any atom is -0.379 e. The molecule has 0 atom stereocenters. The number of aryl methyl sites for hydroxylation is 2. The molecule has 178 valence electrons. The van der Waals surface area contributed by atoms with Crippen LogP contribution in [0.4, 0.5) is 5.69 Å². The topological polar surface area (TPSA) is 63.7 Å². The van der Waals surface area contributed by atoms with Gasteiger partial charge in [0.2, 0.25) is 5.91 Å². The molecule has 1 N–H and O–H groups in total. The van der Waals surface area contributed by atoms with Crippen molar-refractivity contribution in [1.29, 1.82) is 0 Å². The molecule has 0 unspecified atom stereocenters. The molecule has 1 amide bonds. The molecule has 0 spiro atoms. The van der Waals surface area contributed by atoms with Gasteiger partial charge < -0.3 is 24.8 Å². The molecular formula is C24H40N6O2. The van der Waals surface area contributed by atoms with E-state index in [0.717, 1.165) is 78.0 Å². The number of hydrogen-bond acceptors (Lipinski definition) is 5. The molecule has 2 fully saturated rings. The molecule has 8 heteroatoms. The summed E-state index contributed by atoms with van der Waals surface area (Å²) in [5, 5.41) is 3.53. The Morgan fingerprint density at radius 2 is 1.81 bits per heavy atom. The fourth-order valence-electron chi connectivity index (χ4n) is 4.10. The molecule has 0 saturated carbocycles. The maximum atomic E-state index is 12.1. The van der Waals surface area contributed by atoms with Gasteiger partial charge in [0.05, 0.1) is 13.2 Å². The highest BCUT2D eigenvalue weighted by Crippen LogP contribution is 2.22. The van der Waals surface area contributed by atoms with Crippen LogP contribution in [0.2, 0.25) is 0 Å². The molecule has 0 bridgehead atoms. The molecule has 2 aliphatic heterocycles. The van der Waals surface area contributed by atoms with Gasteiger partial charge in [-0.1, -0.05) is 12.1 Å². The maximum absolute atomic E-state index is 12.1. The Morgan fingerprint density at radius 3 is 2.50 bits per heavy atom. The molecule has 1 aromatic rings. The van der Waals surface area contributed by atoms with E-state index in [1.54, 1.807) is 19.0 Å². The van der Waals surface area contributed by atoms with Crippen LogP contribution in [0, 0.1) is 13.8 Å². The Kier molecular flexibility index (Phi) is 9.17. The van der Waals surface area contributed by atoms with E-state index < -0.39 is 0 Å². The summed E-state index contributed by atoms with van der Waals surface area (Å²) < 4.78 is 5.43. The predicted octanol–water partition coefficient (Wildman–Crippen LogP) is 1.18. The van der Waals surface area contributed by atoms with Gasteiger partial charge in [-0.15, -0.1) is 0 Å². The number of aliphatic imine (C=N–C) groups is 1. The zero-order chi connectivity index (χ0) is 22.9. The number of piperazine rings is 1. The Bertz CT molecular complexity index is 768. The molecule has 0 aromatic heterocycles. The summed E-state index contributed by atoms with van der Waals surface area (Å²) >= 11 is 0. The average molecular weight is 445 g/mol. The number of benzene rings is 1. The minimum absolute atomic E-state index is 0.0200. The number of guanidine groups is 1. The number of carbonyl (C=O) groups is 1. The minimum atomic E-state index is 0.0200. The number of morpholine rings is 1. The van der Waals surface area contributed by atoms with Crippen LogP contribution in [-0.4, -0.2) is 113 Å². The van der Waals surface area contributed by atoms with E-state index in [1.165, 1.54) is 16.8 Å². The Labute approximate surface area is 193 Å². The Hall–Kier alpha value is -2.32. The van der Waals surface area contributed by atoms with E-state index in [1.807, 2.05) is 0 Å². The summed E-state index contributed by atoms with van der Waals surface area (Å²) in [7, 11) is 3.55. The van der Waals surface area contributed by atoms with Gasteiger partial charge in [0.25, 0.3) is 0 Å². The number of likely N-dealkylation sites (N-methyl/N-ethyl adjacent to an activating group) is 1. The van der Waals surface area contributed by atoms with Crippen molar-refractivity contribution < 1.29 is 9.53 Å². The second-order valence-corrected chi connectivity index (χ2v) is 8.93. The van der Waals surface area contributed by atoms with E-state index in [4.69, 9.17) is 4.74 Å². The highest BCUT2D eigenvalue weighted by atomic mass is 16.5. The van der Waals surface area contributed by atoms with Crippen molar-refractivity contribution in [2.45, 2.75) is 20.3 Å². The number of nitrogens with one attached hydrogen (secondary N) is 1. The third-order valence-corrected chi connectivity index (χ3v) is 6.19. The summed E-state index contributed by atoms with van der Waals surface area (Å²) in [5.41, 5.74) is 3.93. The van der Waals surface area contributed by atoms with Gasteiger partial charge in [-0.2, -0.15) is 0 Å². The lowest BCUT2D eigenvalue weighted by atomic mass is 10.1. The lowest BCUT2D eigenvalue weighted by molar-refractivity contribution is -0.127. The molecular weight excluding hydrogens is 404 g/mol. The standard InChI is InChI=1S/C24H40N6O2/c1-20-6-7-21(2)22(18-20)29-10-12-30(13-11-29)24(26-19-23(31)27(3)4)25-8-5-9-28-14-16-32-17-15-28/h6-7,18H,5,8-17,19H2,1-4H3,(H,25,26). The first kappa shape index (κ1) is 24.3. The SMILES string of the molecule is Cc1ccc(C)c(N2CCN(C(=NCC(=O)N(C)C)NCCCN3CCOCC3)CC2)c1. The van der Waals surface area contributed by atoms with E-state index in [9.17, 15) is 4.79 Å². The largest absolute Gasteiger partial charge is 0.379 e. The highest BCUT2D eigenvalue weighted by molar-refractivity contribution is 5.85. The second-order valence-electron chi connectivity index (χ2n) is 8.93. The van der Waals surface area contributed by atoms with Crippen molar-refractivity contribution in [3.63, 3.8) is 0 Å². The van der Waals surface area contributed by atoms with E-state index >= 15 is 0 Å². The molecule has 2 saturated heterocycles. The van der Waals surface area contributed by atoms with Crippen molar-refractivity contribution in [3.8, 4) is 0 Å². The van der Waals surface area contributed by atoms with Crippen molar-refractivity contribution >= 4 is 17.6 Å². The summed E-state index contributed by atoms with van der Waals surface area (Å²) in [6, 6.07) is 6.65. The summed E-state index contributed by atoms with van der Waals surface area (Å²) in [5.74, 6) is 0.870. The molecule has 3 rings (SSSR count). The second kappa shape index (κ2) is 12.1. The fraction of sp³-hybridized carbons (Fsp3) is 0.667. The zero-order valence-electron chi connectivity index (χ0n) is 20.3. The van der Waals surface area contributed by atoms with Crippen molar-refractivity contribution in [1.82, 2.24) is 20.0 Å². The number of anilines is 1. The number of hydrogen-bond donors (Lipinski definition) is 1. The van der Waals surface area contributed by atoms with Crippen molar-refractivity contribution in [2.24, 2.45) is 4.99 Å². The quantitative estimate of drug-likeness (QED) is 0.387. The van der Waals surface area contributed by atoms with Crippen LogP contribution in [0.5, 0.6) is 0 Å². The lowest BCUT2D eigenvalue weighted by Crippen LogP contribution is -2.53. The Morgan fingerprint density at radius 1 is 1.09 bits per heavy atom. The van der Waals surface area contributed by atoms with Crippen LogP contribution in [0.1, 0.15) is 17.5 Å². The number of carbonyl (C=O) groups excluding carboxylic acids is 1. The van der Waals surface area contributed by atoms with Crippen LogP contribution in [-0.2, 0) is 9.53 Å². The third kappa shape index (κ3) is 7.10. The van der Waals surface area contributed by atoms with Crippen LogP contribution in [0.3, 0.4) is 0 Å². The first-order valence-corrected chi connectivity index (χ1v) is 11.8. The third-order valence-electron chi connectivity index (χ3n) is 6.19. The molecule has 32 heavy (non-hydrogen) atoms. The molecule has 1 aromatic carbocycles. The monoisotopic (exact) mass is 444 g/mol. The Balaban J connectivity index is 1.55. The molecule has 2 heterocycles. The smallest absolute Gasteiger partial charge is 0.243 e. The number of nitrogens with zero attached hydrogens (tertiary/aromatic N) is 5. The van der Waals surface area contributed by atoms with Gasteiger partial charge in [0, 0.05) is 65.6 Å². The van der Waals surface area contributed by atoms with Gasteiger partial charge >= 0.3 is 0 Å². The van der Waals surface area contributed by atoms with E-state index in [2.05, 4.69) is 57.1 Å². The van der Waals surface area contributed by atoms with E-state index in [-0.39, 0.29) is 12.5 Å². The molecule has 8 nitrogen and oxygen atoms in total. The van der Waals surface area contributed by atoms with Crippen molar-refractivity contribution in [3.05, 3.63) is 29.3 Å². The van der Waals surface area contributed by atoms with Crippen LogP contribution < -0.4 is 10.2 Å². The van der Waals surface area contributed by atoms with Gasteiger partial charge in [0.15, 0.2) is 5.96 Å². The molecule has 0 radical (unpaired) electrons. The predicted molar refractivity (Wildman–Crippen MR) is 131 cm³/mol. The number of ether oxygens (including phenoxy) is 1. The summed E-state index contributed by atoms with van der Waals surface area (Å²) in [6.07, 6.45) is 1.04. The normalized spacial score (nSPS) is 18.1. The molecule has 0 aliphatic carbocycles. The molecule has 2 aliphatic rings. The average Bonchev–Trinajstić information content (AvgIpc) is 2.80. The lowest BCUT2D eigenvalue weighted by Gasteiger charge is -2.38. The summed E-state index contributed by atoms with van der Waals surface area (Å²) in [6.45, 7) is 13.8. The summed E-state index contributed by atoms with van der Waals surface area (Å²) in [4.78, 5) is 25.6. The number of amides is 1. The number of rotatable bonds is 7. The van der Waals surface area contributed by atoms with Gasteiger partial charge in [-0.25, -0.2) is 4.99 Å². The van der Waals surface area contributed by atoms with Gasteiger partial charge in [-0.05, 0) is 44.0 Å². The van der Waals surface area contributed by atoms with Crippen LogP contribution in [0.25, 0.3) is 0 Å². The van der Waals surface area contributed by atoms with Gasteiger partial charge in [-0.3, -0.25) is 9.69 Å². The first-order chi connectivity index (χ1) is 15.4. The van der Waals surface area contributed by atoms with Crippen LogP contribution in [0.15, 0.2) is 23.2 Å². The van der Waals surface area contributed by atoms with Gasteiger partial charge in [0.1, 0.15) is 6.54 Å². The highest BCUT2D eigenvalue weighted by Gasteiger charge is 2.21.